The summed E-state index contributed by atoms with van der Waals surface area (Å²) in [5.41, 5.74) is 2.58. The molecule has 0 saturated heterocycles. The van der Waals surface area contributed by atoms with Crippen molar-refractivity contribution in [3.63, 3.8) is 0 Å². The van der Waals surface area contributed by atoms with Crippen LogP contribution in [0.15, 0.2) is 53.5 Å². The first-order valence-corrected chi connectivity index (χ1v) is 8.18. The fraction of sp³-hybridized carbons (Fsp3) is 0.263. The molecule has 2 aromatic carbocycles. The van der Waals surface area contributed by atoms with Gasteiger partial charge in [-0.2, -0.15) is 0 Å². The van der Waals surface area contributed by atoms with E-state index in [1.54, 1.807) is 25.2 Å². The highest BCUT2D eigenvalue weighted by atomic mass is 19.1. The summed E-state index contributed by atoms with van der Waals surface area (Å²) in [6, 6.07) is 13.8. The Labute approximate surface area is 147 Å². The predicted octanol–water partition coefficient (Wildman–Crippen LogP) is 2.44. The lowest BCUT2D eigenvalue weighted by molar-refractivity contribution is 0.0955. The summed E-state index contributed by atoms with van der Waals surface area (Å²) >= 11 is 0. The average Bonchev–Trinajstić information content (AvgIpc) is 2.64. The molecule has 0 fully saturated rings. The molecule has 2 aromatic rings. The Hall–Kier alpha value is -2.89. The van der Waals surface area contributed by atoms with Crippen LogP contribution in [0, 0.1) is 5.82 Å². The summed E-state index contributed by atoms with van der Waals surface area (Å²) < 4.78 is 12.9. The SMILES string of the molecule is CCNC(=O)c1cccc(CNC(=NC)NCc2ccc(F)cc2)c1. The number of benzene rings is 2. The minimum absolute atomic E-state index is 0.0804. The van der Waals surface area contributed by atoms with Gasteiger partial charge in [-0.3, -0.25) is 9.79 Å². The highest BCUT2D eigenvalue weighted by Crippen LogP contribution is 2.05. The number of aliphatic imine (C=N–C) groups is 1. The van der Waals surface area contributed by atoms with Crippen molar-refractivity contribution in [3.8, 4) is 0 Å². The van der Waals surface area contributed by atoms with Gasteiger partial charge in [0.15, 0.2) is 5.96 Å². The quantitative estimate of drug-likeness (QED) is 0.558. The molecule has 0 aliphatic rings. The topological polar surface area (TPSA) is 65.5 Å². The molecule has 0 saturated carbocycles. The fourth-order valence-electron chi connectivity index (χ4n) is 2.28. The summed E-state index contributed by atoms with van der Waals surface area (Å²) in [6.45, 7) is 3.57. The summed E-state index contributed by atoms with van der Waals surface area (Å²) in [5, 5.41) is 9.15. The number of rotatable bonds is 6. The van der Waals surface area contributed by atoms with Crippen LogP contribution in [-0.2, 0) is 13.1 Å². The molecule has 0 radical (unpaired) electrons. The molecule has 0 bridgehead atoms. The second-order valence-corrected chi connectivity index (χ2v) is 5.47. The van der Waals surface area contributed by atoms with Gasteiger partial charge in [0.05, 0.1) is 0 Å². The number of hydrogen-bond donors (Lipinski definition) is 3. The van der Waals surface area contributed by atoms with Crippen LogP contribution in [0.5, 0.6) is 0 Å². The molecule has 0 heterocycles. The Morgan fingerprint density at radius 2 is 1.68 bits per heavy atom. The number of carbonyl (C=O) groups excluding carboxylic acids is 1. The summed E-state index contributed by atoms with van der Waals surface area (Å²) in [5.74, 6) is 0.300. The van der Waals surface area contributed by atoms with Gasteiger partial charge in [-0.1, -0.05) is 24.3 Å². The zero-order valence-corrected chi connectivity index (χ0v) is 14.5. The van der Waals surface area contributed by atoms with Crippen molar-refractivity contribution in [3.05, 3.63) is 71.0 Å². The maximum absolute atomic E-state index is 12.9. The highest BCUT2D eigenvalue weighted by Gasteiger charge is 2.05. The van der Waals surface area contributed by atoms with Crippen LogP contribution in [0.3, 0.4) is 0 Å². The van der Waals surface area contributed by atoms with Gasteiger partial charge in [0.2, 0.25) is 0 Å². The second-order valence-electron chi connectivity index (χ2n) is 5.47. The molecule has 0 aliphatic heterocycles. The molecular weight excluding hydrogens is 319 g/mol. The van der Waals surface area contributed by atoms with E-state index in [4.69, 9.17) is 0 Å². The van der Waals surface area contributed by atoms with Crippen LogP contribution >= 0.6 is 0 Å². The number of hydrogen-bond acceptors (Lipinski definition) is 2. The van der Waals surface area contributed by atoms with E-state index in [-0.39, 0.29) is 11.7 Å². The van der Waals surface area contributed by atoms with E-state index in [1.165, 1.54) is 12.1 Å². The molecule has 0 aliphatic carbocycles. The molecule has 132 valence electrons. The Bertz CT molecular complexity index is 728. The van der Waals surface area contributed by atoms with E-state index in [0.29, 0.717) is 31.2 Å². The van der Waals surface area contributed by atoms with Crippen molar-refractivity contribution in [2.24, 2.45) is 4.99 Å². The number of amides is 1. The van der Waals surface area contributed by atoms with Gasteiger partial charge in [0, 0.05) is 32.2 Å². The lowest BCUT2D eigenvalue weighted by Gasteiger charge is -2.12. The van der Waals surface area contributed by atoms with E-state index < -0.39 is 0 Å². The fourth-order valence-corrected chi connectivity index (χ4v) is 2.28. The number of nitrogens with one attached hydrogen (secondary N) is 3. The van der Waals surface area contributed by atoms with Crippen molar-refractivity contribution in [1.82, 2.24) is 16.0 Å². The van der Waals surface area contributed by atoms with E-state index in [2.05, 4.69) is 20.9 Å². The van der Waals surface area contributed by atoms with Crippen molar-refractivity contribution in [2.45, 2.75) is 20.0 Å². The van der Waals surface area contributed by atoms with Gasteiger partial charge >= 0.3 is 0 Å². The van der Waals surface area contributed by atoms with Crippen molar-refractivity contribution in [1.29, 1.82) is 0 Å². The zero-order valence-electron chi connectivity index (χ0n) is 14.5. The number of carbonyl (C=O) groups is 1. The second kappa shape index (κ2) is 9.42. The Balaban J connectivity index is 1.89. The van der Waals surface area contributed by atoms with Gasteiger partial charge in [0.25, 0.3) is 5.91 Å². The molecule has 0 aromatic heterocycles. The minimum atomic E-state index is -0.252. The smallest absolute Gasteiger partial charge is 0.251 e. The predicted molar refractivity (Wildman–Crippen MR) is 97.9 cm³/mol. The molecule has 5 nitrogen and oxygen atoms in total. The summed E-state index contributed by atoms with van der Waals surface area (Å²) in [6.07, 6.45) is 0. The first-order chi connectivity index (χ1) is 12.1. The van der Waals surface area contributed by atoms with Gasteiger partial charge in [-0.15, -0.1) is 0 Å². The van der Waals surface area contributed by atoms with Gasteiger partial charge in [0.1, 0.15) is 5.82 Å². The third-order valence-corrected chi connectivity index (χ3v) is 3.58. The largest absolute Gasteiger partial charge is 0.352 e. The van der Waals surface area contributed by atoms with Gasteiger partial charge in [-0.25, -0.2) is 4.39 Å². The number of halogens is 1. The monoisotopic (exact) mass is 342 g/mol. The van der Waals surface area contributed by atoms with E-state index in [0.717, 1.165) is 11.1 Å². The van der Waals surface area contributed by atoms with E-state index in [9.17, 15) is 9.18 Å². The summed E-state index contributed by atoms with van der Waals surface area (Å²) in [7, 11) is 1.69. The molecular formula is C19H23FN4O. The average molecular weight is 342 g/mol. The Morgan fingerprint density at radius 3 is 2.32 bits per heavy atom. The van der Waals surface area contributed by atoms with Gasteiger partial charge in [-0.05, 0) is 42.3 Å². The molecule has 1 amide bonds. The minimum Gasteiger partial charge on any atom is -0.352 e. The number of nitrogens with zero attached hydrogens (tertiary/aromatic N) is 1. The Morgan fingerprint density at radius 1 is 1.00 bits per heavy atom. The van der Waals surface area contributed by atoms with E-state index >= 15 is 0 Å². The molecule has 3 N–H and O–H groups in total. The molecule has 25 heavy (non-hydrogen) atoms. The Kier molecular flexibility index (Phi) is 6.95. The van der Waals surface area contributed by atoms with Crippen LogP contribution < -0.4 is 16.0 Å². The van der Waals surface area contributed by atoms with Crippen LogP contribution in [0.4, 0.5) is 4.39 Å². The lowest BCUT2D eigenvalue weighted by Crippen LogP contribution is -2.36. The maximum Gasteiger partial charge on any atom is 0.251 e. The molecule has 6 heteroatoms. The van der Waals surface area contributed by atoms with Crippen molar-refractivity contribution >= 4 is 11.9 Å². The van der Waals surface area contributed by atoms with E-state index in [1.807, 2.05) is 25.1 Å². The normalized spacial score (nSPS) is 11.1. The maximum atomic E-state index is 12.9. The molecule has 2 rings (SSSR count). The third kappa shape index (κ3) is 5.91. The van der Waals surface area contributed by atoms with Crippen LogP contribution in [0.25, 0.3) is 0 Å². The lowest BCUT2D eigenvalue weighted by atomic mass is 10.1. The first kappa shape index (κ1) is 18.4. The van der Waals surface area contributed by atoms with Crippen LogP contribution in [0.2, 0.25) is 0 Å². The zero-order chi connectivity index (χ0) is 18.1. The molecule has 0 spiro atoms. The van der Waals surface area contributed by atoms with Gasteiger partial charge < -0.3 is 16.0 Å². The van der Waals surface area contributed by atoms with Crippen LogP contribution in [0.1, 0.15) is 28.4 Å². The van der Waals surface area contributed by atoms with Crippen LogP contribution in [-0.4, -0.2) is 25.5 Å². The molecule has 0 atom stereocenters. The van der Waals surface area contributed by atoms with Crippen molar-refractivity contribution in [2.75, 3.05) is 13.6 Å². The molecule has 0 unspecified atom stereocenters. The summed E-state index contributed by atoms with van der Waals surface area (Å²) in [4.78, 5) is 16.0. The highest BCUT2D eigenvalue weighted by molar-refractivity contribution is 5.94. The third-order valence-electron chi connectivity index (χ3n) is 3.58. The standard InChI is InChI=1S/C19H23FN4O/c1-3-22-18(25)16-6-4-5-15(11-16)13-24-19(21-2)23-12-14-7-9-17(20)10-8-14/h4-11H,3,12-13H2,1-2H3,(H,22,25)(H2,21,23,24). The van der Waals surface area contributed by atoms with Crippen molar-refractivity contribution < 1.29 is 9.18 Å². The number of guanidine groups is 1. The first-order valence-electron chi connectivity index (χ1n) is 8.18.